The minimum Gasteiger partial charge on any atom is -0.505 e. The summed E-state index contributed by atoms with van der Waals surface area (Å²) in [4.78, 5) is 4.48. The lowest BCUT2D eigenvalue weighted by Gasteiger charge is -2.05. The molecule has 0 unspecified atom stereocenters. The van der Waals surface area contributed by atoms with Crippen LogP contribution in [0.1, 0.15) is 0 Å². The number of aromatic hydroxyl groups is 1. The van der Waals surface area contributed by atoms with E-state index in [2.05, 4.69) is 15.3 Å². The van der Waals surface area contributed by atoms with Crippen molar-refractivity contribution >= 4 is 27.5 Å². The number of hydrogen-bond donors (Lipinski definition) is 2. The highest BCUT2D eigenvalue weighted by Crippen LogP contribution is 2.35. The lowest BCUT2D eigenvalue weighted by atomic mass is 10.1. The normalized spacial score (nSPS) is 11.6. The van der Waals surface area contributed by atoms with Gasteiger partial charge >= 0.3 is 0 Å². The van der Waals surface area contributed by atoms with Crippen LogP contribution < -0.4 is 5.84 Å². The van der Waals surface area contributed by atoms with Crippen molar-refractivity contribution in [1.29, 1.82) is 0 Å². The van der Waals surface area contributed by atoms with Crippen LogP contribution in [0.15, 0.2) is 52.8 Å². The number of hydrogen-bond acceptors (Lipinski definition) is 4. The molecule has 0 radical (unpaired) electrons. The summed E-state index contributed by atoms with van der Waals surface area (Å²) in [5.74, 6) is 5.04. The molecule has 5 nitrogen and oxygen atoms in total. The van der Waals surface area contributed by atoms with E-state index in [4.69, 9.17) is 5.84 Å². The molecule has 0 bridgehead atoms. The average Bonchev–Trinajstić information content (AvgIpc) is 2.41. The largest absolute Gasteiger partial charge is 0.505 e. The molecule has 3 aromatic rings. The van der Waals surface area contributed by atoms with Crippen LogP contribution in [0.25, 0.3) is 21.8 Å². The third-order valence-electron chi connectivity index (χ3n) is 2.82. The third-order valence-corrected chi connectivity index (χ3v) is 2.82. The maximum absolute atomic E-state index is 10.1. The Balaban J connectivity index is 2.40. The molecule has 1 aromatic heterocycles. The molecule has 0 fully saturated rings. The van der Waals surface area contributed by atoms with E-state index in [0.717, 1.165) is 10.9 Å². The zero-order chi connectivity index (χ0) is 12.5. The Labute approximate surface area is 103 Å². The van der Waals surface area contributed by atoms with Gasteiger partial charge < -0.3 is 10.9 Å². The maximum Gasteiger partial charge on any atom is 0.152 e. The van der Waals surface area contributed by atoms with E-state index in [9.17, 15) is 5.11 Å². The third kappa shape index (κ3) is 1.53. The number of para-hydroxylation sites is 1. The highest BCUT2D eigenvalue weighted by molar-refractivity contribution is 5.98. The summed E-state index contributed by atoms with van der Waals surface area (Å²) in [7, 11) is 0. The van der Waals surface area contributed by atoms with Gasteiger partial charge in [-0.2, -0.15) is 0 Å². The number of fused-ring (bicyclic) bond motifs is 2. The van der Waals surface area contributed by atoms with E-state index < -0.39 is 0 Å². The Morgan fingerprint density at radius 3 is 2.72 bits per heavy atom. The minimum atomic E-state index is 0.0416. The van der Waals surface area contributed by atoms with Crippen molar-refractivity contribution in [3.05, 3.63) is 42.5 Å². The second-order valence-electron chi connectivity index (χ2n) is 3.90. The fraction of sp³-hybridized carbons (Fsp3) is 0. The number of benzene rings is 2. The van der Waals surface area contributed by atoms with Crippen molar-refractivity contribution in [3.8, 4) is 5.75 Å². The van der Waals surface area contributed by atoms with Gasteiger partial charge in [-0.15, -0.1) is 5.11 Å². The number of nitrogens with two attached hydrogens (primary N) is 1. The van der Waals surface area contributed by atoms with Gasteiger partial charge in [0.25, 0.3) is 0 Å². The maximum atomic E-state index is 10.1. The van der Waals surface area contributed by atoms with Crippen LogP contribution in [-0.2, 0) is 0 Å². The van der Waals surface area contributed by atoms with Crippen molar-refractivity contribution in [1.82, 2.24) is 4.98 Å². The minimum absolute atomic E-state index is 0.0416. The molecule has 3 rings (SSSR count). The van der Waals surface area contributed by atoms with Gasteiger partial charge in [0.15, 0.2) is 5.75 Å². The predicted octanol–water partition coefficient (Wildman–Crippen LogP) is 3.05. The fourth-order valence-electron chi connectivity index (χ4n) is 1.97. The molecule has 0 aliphatic rings. The van der Waals surface area contributed by atoms with E-state index in [-0.39, 0.29) is 5.75 Å². The second kappa shape index (κ2) is 3.96. The first-order valence-electron chi connectivity index (χ1n) is 5.42. The van der Waals surface area contributed by atoms with Gasteiger partial charge in [-0.1, -0.05) is 23.4 Å². The van der Waals surface area contributed by atoms with Crippen LogP contribution in [0.3, 0.4) is 0 Å². The lowest BCUT2D eigenvalue weighted by molar-refractivity contribution is 0.482. The number of phenolic OH excluding ortho intramolecular Hbond substituents is 1. The molecular weight excluding hydrogens is 228 g/mol. The van der Waals surface area contributed by atoms with Crippen molar-refractivity contribution < 1.29 is 5.11 Å². The van der Waals surface area contributed by atoms with Crippen LogP contribution in [0.2, 0.25) is 0 Å². The molecule has 0 aliphatic carbocycles. The molecule has 3 N–H and O–H groups in total. The van der Waals surface area contributed by atoms with Crippen molar-refractivity contribution in [3.63, 3.8) is 0 Å². The summed E-state index contributed by atoms with van der Waals surface area (Å²) in [6.45, 7) is 0. The van der Waals surface area contributed by atoms with Gasteiger partial charge in [0.2, 0.25) is 0 Å². The lowest BCUT2D eigenvalue weighted by Crippen LogP contribution is -1.83. The van der Waals surface area contributed by atoms with Gasteiger partial charge in [0.05, 0.1) is 11.0 Å². The molecule has 18 heavy (non-hydrogen) atoms. The quantitative estimate of drug-likeness (QED) is 0.296. The zero-order valence-corrected chi connectivity index (χ0v) is 9.41. The van der Waals surface area contributed by atoms with Gasteiger partial charge in [-0.25, -0.2) is 4.98 Å². The molecule has 5 heteroatoms. The van der Waals surface area contributed by atoms with E-state index in [0.29, 0.717) is 16.6 Å². The molecule has 0 spiro atoms. The fourth-order valence-corrected chi connectivity index (χ4v) is 1.97. The topological polar surface area (TPSA) is 83.9 Å². The van der Waals surface area contributed by atoms with Crippen LogP contribution in [-0.4, -0.2) is 10.1 Å². The van der Waals surface area contributed by atoms with Gasteiger partial charge in [0, 0.05) is 10.8 Å². The van der Waals surface area contributed by atoms with Gasteiger partial charge in [0.1, 0.15) is 5.69 Å². The molecule has 0 aliphatic heterocycles. The number of pyridine rings is 1. The highest BCUT2D eigenvalue weighted by atomic mass is 16.3. The van der Waals surface area contributed by atoms with Crippen LogP contribution in [0.4, 0.5) is 5.69 Å². The van der Waals surface area contributed by atoms with Crippen LogP contribution in [0.5, 0.6) is 5.75 Å². The molecule has 0 atom stereocenters. The van der Waals surface area contributed by atoms with Crippen LogP contribution >= 0.6 is 0 Å². The summed E-state index contributed by atoms with van der Waals surface area (Å²) in [5, 5.41) is 18.5. The molecule has 0 saturated carbocycles. The average molecular weight is 238 g/mol. The predicted molar refractivity (Wildman–Crippen MR) is 69.6 cm³/mol. The molecule has 1 heterocycles. The summed E-state index contributed by atoms with van der Waals surface area (Å²) < 4.78 is 0. The molecule has 0 amide bonds. The van der Waals surface area contributed by atoms with E-state index in [1.54, 1.807) is 12.1 Å². The summed E-state index contributed by atoms with van der Waals surface area (Å²) >= 11 is 0. The Morgan fingerprint density at radius 1 is 1.06 bits per heavy atom. The summed E-state index contributed by atoms with van der Waals surface area (Å²) in [6.07, 6.45) is 0. The smallest absolute Gasteiger partial charge is 0.152 e. The Morgan fingerprint density at radius 2 is 1.89 bits per heavy atom. The standard InChI is InChI=1S/C13H10N4O/c14-17-16-12-6-5-11-9(13(12)18)7-8-3-1-2-4-10(8)15-11/h1-7,18H,(H2,14,16). The molecule has 2 aromatic carbocycles. The first-order valence-corrected chi connectivity index (χ1v) is 5.42. The van der Waals surface area contributed by atoms with Crippen molar-refractivity contribution in [2.45, 2.75) is 0 Å². The number of aromatic nitrogens is 1. The zero-order valence-electron chi connectivity index (χ0n) is 9.41. The Bertz CT molecular complexity index is 767. The Kier molecular flexibility index (Phi) is 2.30. The summed E-state index contributed by atoms with van der Waals surface area (Å²) in [6, 6.07) is 13.0. The molecule has 0 saturated heterocycles. The molecular formula is C13H10N4O. The SMILES string of the molecule is NN=Nc1ccc2nc3ccccc3cc2c1O. The van der Waals surface area contributed by atoms with E-state index in [1.807, 2.05) is 30.3 Å². The highest BCUT2D eigenvalue weighted by Gasteiger charge is 2.08. The first kappa shape index (κ1) is 10.5. The second-order valence-corrected chi connectivity index (χ2v) is 3.90. The van der Waals surface area contributed by atoms with E-state index in [1.165, 1.54) is 0 Å². The number of phenols is 1. The van der Waals surface area contributed by atoms with Crippen LogP contribution in [0, 0.1) is 0 Å². The van der Waals surface area contributed by atoms with E-state index >= 15 is 0 Å². The molecule has 88 valence electrons. The summed E-state index contributed by atoms with van der Waals surface area (Å²) in [5.41, 5.74) is 1.93. The van der Waals surface area contributed by atoms with Crippen molar-refractivity contribution in [2.75, 3.05) is 0 Å². The Hall–Kier alpha value is -2.69. The number of nitrogens with zero attached hydrogens (tertiary/aromatic N) is 3. The monoisotopic (exact) mass is 238 g/mol. The van der Waals surface area contributed by atoms with Gasteiger partial charge in [-0.05, 0) is 24.3 Å². The van der Waals surface area contributed by atoms with Crippen molar-refractivity contribution in [2.24, 2.45) is 16.2 Å². The first-order chi connectivity index (χ1) is 8.79. The van der Waals surface area contributed by atoms with Gasteiger partial charge in [-0.3, -0.25) is 0 Å². The number of rotatable bonds is 1.